The van der Waals surface area contributed by atoms with Gasteiger partial charge in [-0.05, 0) is 25.3 Å². The number of aliphatic hydroxyl groups excluding tert-OH is 1. The number of benzene rings is 1. The molecule has 0 spiro atoms. The van der Waals surface area contributed by atoms with Crippen LogP contribution < -0.4 is 0 Å². The molecule has 16 heavy (non-hydrogen) atoms. The number of hydrogen-bond acceptors (Lipinski definition) is 2. The molecule has 2 rings (SSSR count). The van der Waals surface area contributed by atoms with Crippen LogP contribution in [0.5, 0.6) is 0 Å². The van der Waals surface area contributed by atoms with Gasteiger partial charge in [-0.25, -0.2) is 8.78 Å². The number of ether oxygens (including phenoxy) is 1. The van der Waals surface area contributed by atoms with Crippen LogP contribution in [-0.4, -0.2) is 17.3 Å². The maximum atomic E-state index is 13.4. The summed E-state index contributed by atoms with van der Waals surface area (Å²) in [6.45, 7) is 1.58. The first-order chi connectivity index (χ1) is 7.58. The Bertz CT molecular complexity index is 387. The standard InChI is InChI=1S/C12H14F2O2/c1-7-2-3-8(12(14)11(7)13)6-16-10-4-9(15)5-10/h2-3,9-10,15H,4-6H2,1H3/t9-,10+. The average molecular weight is 228 g/mol. The molecule has 0 atom stereocenters. The molecule has 1 aliphatic carbocycles. The van der Waals surface area contributed by atoms with Crippen LogP contribution in [0.3, 0.4) is 0 Å². The second-order valence-corrected chi connectivity index (χ2v) is 4.23. The summed E-state index contributed by atoms with van der Waals surface area (Å²) in [4.78, 5) is 0. The Morgan fingerprint density at radius 1 is 1.31 bits per heavy atom. The zero-order valence-corrected chi connectivity index (χ0v) is 9.04. The van der Waals surface area contributed by atoms with Crippen LogP contribution in [0, 0.1) is 18.6 Å². The first kappa shape index (κ1) is 11.5. The van der Waals surface area contributed by atoms with Gasteiger partial charge in [0.05, 0.1) is 18.8 Å². The van der Waals surface area contributed by atoms with E-state index in [1.807, 2.05) is 0 Å². The summed E-state index contributed by atoms with van der Waals surface area (Å²) in [5.74, 6) is -1.64. The fourth-order valence-corrected chi connectivity index (χ4v) is 1.68. The van der Waals surface area contributed by atoms with Gasteiger partial charge < -0.3 is 9.84 Å². The summed E-state index contributed by atoms with van der Waals surface area (Å²) in [7, 11) is 0. The minimum absolute atomic E-state index is 0.0289. The van der Waals surface area contributed by atoms with E-state index in [0.29, 0.717) is 18.4 Å². The van der Waals surface area contributed by atoms with Crippen LogP contribution in [-0.2, 0) is 11.3 Å². The number of aliphatic hydroxyl groups is 1. The highest BCUT2D eigenvalue weighted by Gasteiger charge is 2.28. The van der Waals surface area contributed by atoms with Gasteiger partial charge in [-0.15, -0.1) is 0 Å². The molecule has 1 fully saturated rings. The highest BCUT2D eigenvalue weighted by atomic mass is 19.2. The van der Waals surface area contributed by atoms with E-state index in [0.717, 1.165) is 0 Å². The quantitative estimate of drug-likeness (QED) is 0.860. The molecule has 1 aromatic carbocycles. The Morgan fingerprint density at radius 3 is 2.62 bits per heavy atom. The zero-order valence-electron chi connectivity index (χ0n) is 9.04. The second kappa shape index (κ2) is 4.47. The van der Waals surface area contributed by atoms with Crippen molar-refractivity contribution in [1.82, 2.24) is 0 Å². The summed E-state index contributed by atoms with van der Waals surface area (Å²) in [5, 5.41) is 9.04. The zero-order chi connectivity index (χ0) is 11.7. The predicted octanol–water partition coefficient (Wildman–Crippen LogP) is 2.31. The van der Waals surface area contributed by atoms with Gasteiger partial charge in [-0.2, -0.15) is 0 Å². The normalized spacial score (nSPS) is 24.2. The summed E-state index contributed by atoms with van der Waals surface area (Å²) >= 11 is 0. The van der Waals surface area contributed by atoms with Crippen molar-refractivity contribution >= 4 is 0 Å². The molecular weight excluding hydrogens is 214 g/mol. The van der Waals surface area contributed by atoms with E-state index >= 15 is 0 Å². The third-order valence-corrected chi connectivity index (χ3v) is 2.90. The van der Waals surface area contributed by atoms with Crippen molar-refractivity contribution in [3.63, 3.8) is 0 Å². The SMILES string of the molecule is Cc1ccc(CO[C@H]2C[C@@H](O)C2)c(F)c1F. The van der Waals surface area contributed by atoms with E-state index in [-0.39, 0.29) is 24.4 Å². The van der Waals surface area contributed by atoms with Crippen molar-refractivity contribution in [1.29, 1.82) is 0 Å². The lowest BCUT2D eigenvalue weighted by molar-refractivity contribution is -0.0784. The molecule has 1 N–H and O–H groups in total. The molecule has 88 valence electrons. The maximum Gasteiger partial charge on any atom is 0.164 e. The van der Waals surface area contributed by atoms with Crippen LogP contribution in [0.2, 0.25) is 0 Å². The lowest BCUT2D eigenvalue weighted by Gasteiger charge is -2.31. The van der Waals surface area contributed by atoms with Gasteiger partial charge in [0.15, 0.2) is 11.6 Å². The average Bonchev–Trinajstić information content (AvgIpc) is 2.22. The largest absolute Gasteiger partial charge is 0.393 e. The van der Waals surface area contributed by atoms with Crippen molar-refractivity contribution in [2.24, 2.45) is 0 Å². The van der Waals surface area contributed by atoms with Crippen molar-refractivity contribution in [3.8, 4) is 0 Å². The van der Waals surface area contributed by atoms with Gasteiger partial charge in [0.1, 0.15) is 0 Å². The molecule has 0 aliphatic heterocycles. The molecule has 0 saturated heterocycles. The van der Waals surface area contributed by atoms with Crippen LogP contribution in [0.4, 0.5) is 8.78 Å². The van der Waals surface area contributed by atoms with Crippen LogP contribution in [0.15, 0.2) is 12.1 Å². The van der Waals surface area contributed by atoms with E-state index in [4.69, 9.17) is 9.84 Å². The third-order valence-electron chi connectivity index (χ3n) is 2.90. The van der Waals surface area contributed by atoms with Crippen molar-refractivity contribution in [2.75, 3.05) is 0 Å². The Kier molecular flexibility index (Phi) is 3.21. The lowest BCUT2D eigenvalue weighted by atomic mass is 9.92. The fraction of sp³-hybridized carbons (Fsp3) is 0.500. The van der Waals surface area contributed by atoms with Gasteiger partial charge in [-0.3, -0.25) is 0 Å². The Balaban J connectivity index is 1.97. The third kappa shape index (κ3) is 2.23. The first-order valence-corrected chi connectivity index (χ1v) is 5.31. The molecule has 2 nitrogen and oxygen atoms in total. The minimum Gasteiger partial charge on any atom is -0.393 e. The van der Waals surface area contributed by atoms with Gasteiger partial charge in [0.2, 0.25) is 0 Å². The van der Waals surface area contributed by atoms with Gasteiger partial charge in [0, 0.05) is 5.56 Å². The minimum atomic E-state index is -0.833. The molecular formula is C12H14F2O2. The van der Waals surface area contributed by atoms with Crippen LogP contribution in [0.25, 0.3) is 0 Å². The summed E-state index contributed by atoms with van der Waals surface area (Å²) in [5.41, 5.74) is 0.518. The molecule has 0 amide bonds. The Morgan fingerprint density at radius 2 is 2.00 bits per heavy atom. The van der Waals surface area contributed by atoms with Crippen LogP contribution >= 0.6 is 0 Å². The molecule has 0 aromatic heterocycles. The monoisotopic (exact) mass is 228 g/mol. The molecule has 4 heteroatoms. The van der Waals surface area contributed by atoms with Crippen LogP contribution in [0.1, 0.15) is 24.0 Å². The van der Waals surface area contributed by atoms with Crippen molar-refractivity contribution in [3.05, 3.63) is 34.9 Å². The van der Waals surface area contributed by atoms with Gasteiger partial charge >= 0.3 is 0 Å². The highest BCUT2D eigenvalue weighted by molar-refractivity contribution is 5.24. The van der Waals surface area contributed by atoms with E-state index in [1.54, 1.807) is 0 Å². The molecule has 0 bridgehead atoms. The van der Waals surface area contributed by atoms with Gasteiger partial charge in [0.25, 0.3) is 0 Å². The summed E-state index contributed by atoms with van der Waals surface area (Å²) < 4.78 is 32.0. The molecule has 1 aromatic rings. The highest BCUT2D eigenvalue weighted by Crippen LogP contribution is 2.25. The topological polar surface area (TPSA) is 29.5 Å². The lowest BCUT2D eigenvalue weighted by Crippen LogP contribution is -2.35. The number of halogens is 2. The fourth-order valence-electron chi connectivity index (χ4n) is 1.68. The molecule has 1 aliphatic rings. The molecule has 1 saturated carbocycles. The Labute approximate surface area is 92.9 Å². The molecule has 0 radical (unpaired) electrons. The van der Waals surface area contributed by atoms with E-state index < -0.39 is 11.6 Å². The number of rotatable bonds is 3. The first-order valence-electron chi connectivity index (χ1n) is 5.31. The predicted molar refractivity (Wildman–Crippen MR) is 54.9 cm³/mol. The van der Waals surface area contributed by atoms with E-state index in [2.05, 4.69) is 0 Å². The van der Waals surface area contributed by atoms with Crippen molar-refractivity contribution in [2.45, 2.75) is 38.6 Å². The van der Waals surface area contributed by atoms with E-state index in [1.165, 1.54) is 19.1 Å². The maximum absolute atomic E-state index is 13.4. The second-order valence-electron chi connectivity index (χ2n) is 4.23. The van der Waals surface area contributed by atoms with Crippen molar-refractivity contribution < 1.29 is 18.6 Å². The molecule has 0 heterocycles. The Hall–Kier alpha value is -1.00. The molecule has 0 unspecified atom stereocenters. The number of hydrogen-bond donors (Lipinski definition) is 1. The summed E-state index contributed by atoms with van der Waals surface area (Å²) in [6.07, 6.45) is 0.828. The van der Waals surface area contributed by atoms with E-state index in [9.17, 15) is 8.78 Å². The smallest absolute Gasteiger partial charge is 0.164 e. The number of aryl methyl sites for hydroxylation is 1. The summed E-state index contributed by atoms with van der Waals surface area (Å²) in [6, 6.07) is 3.07. The van der Waals surface area contributed by atoms with Gasteiger partial charge in [-0.1, -0.05) is 12.1 Å².